The number of rotatable bonds is 2. The van der Waals surface area contributed by atoms with Gasteiger partial charge in [-0.3, -0.25) is 14.4 Å². The number of hydrogen-bond acceptors (Lipinski definition) is 3. The average Bonchev–Trinajstić information content (AvgIpc) is 2.59. The quantitative estimate of drug-likeness (QED) is 0.856. The van der Waals surface area contributed by atoms with E-state index in [1.807, 2.05) is 0 Å². The summed E-state index contributed by atoms with van der Waals surface area (Å²) >= 11 is 0. The van der Waals surface area contributed by atoms with Crippen LogP contribution >= 0.6 is 0 Å². The summed E-state index contributed by atoms with van der Waals surface area (Å²) in [6.07, 6.45) is 0.491. The second-order valence-corrected chi connectivity index (χ2v) is 5.89. The van der Waals surface area contributed by atoms with E-state index in [1.54, 1.807) is 6.92 Å². The first-order valence-corrected chi connectivity index (χ1v) is 7.77. The minimum atomic E-state index is -0.820. The Labute approximate surface area is 137 Å². The Kier molecular flexibility index (Phi) is 4.21. The number of amides is 3. The predicted octanol–water partition coefficient (Wildman–Crippen LogP) is 0.526. The van der Waals surface area contributed by atoms with E-state index in [1.165, 1.54) is 9.80 Å². The highest BCUT2D eigenvalue weighted by atomic mass is 19.1. The van der Waals surface area contributed by atoms with Gasteiger partial charge in [0.05, 0.1) is 12.1 Å². The molecule has 0 unspecified atom stereocenters. The summed E-state index contributed by atoms with van der Waals surface area (Å²) in [5.74, 6) is -2.73. The van der Waals surface area contributed by atoms with Crippen molar-refractivity contribution in [2.45, 2.75) is 25.4 Å². The maximum atomic E-state index is 13.8. The van der Waals surface area contributed by atoms with Crippen LogP contribution in [0.5, 0.6) is 0 Å². The molecule has 6 nitrogen and oxygen atoms in total. The molecule has 24 heavy (non-hydrogen) atoms. The maximum absolute atomic E-state index is 13.8. The van der Waals surface area contributed by atoms with Crippen molar-refractivity contribution in [3.63, 3.8) is 0 Å². The van der Waals surface area contributed by atoms with E-state index >= 15 is 0 Å². The molecule has 0 bridgehead atoms. The normalized spacial score (nSPS) is 23.8. The first-order valence-electron chi connectivity index (χ1n) is 7.77. The summed E-state index contributed by atoms with van der Waals surface area (Å²) in [5, 5.41) is 2.63. The van der Waals surface area contributed by atoms with Crippen LogP contribution in [0.4, 0.5) is 8.78 Å². The van der Waals surface area contributed by atoms with Gasteiger partial charge < -0.3 is 15.1 Å². The average molecular weight is 337 g/mol. The summed E-state index contributed by atoms with van der Waals surface area (Å²) in [5.41, 5.74) is -0.377. The van der Waals surface area contributed by atoms with Crippen LogP contribution in [0.1, 0.15) is 23.7 Å². The van der Waals surface area contributed by atoms with Gasteiger partial charge in [0.1, 0.15) is 23.7 Å². The Hall–Kier alpha value is -2.51. The zero-order chi connectivity index (χ0) is 17.4. The molecule has 128 valence electrons. The molecule has 0 aliphatic carbocycles. The van der Waals surface area contributed by atoms with Crippen molar-refractivity contribution in [3.8, 4) is 0 Å². The summed E-state index contributed by atoms with van der Waals surface area (Å²) < 4.78 is 27.1. The number of nitrogens with zero attached hydrogens (tertiary/aromatic N) is 2. The zero-order valence-electron chi connectivity index (χ0n) is 13.1. The highest BCUT2D eigenvalue weighted by Gasteiger charge is 2.43. The molecule has 1 aromatic rings. The number of nitrogens with one attached hydrogen (secondary N) is 1. The van der Waals surface area contributed by atoms with Gasteiger partial charge in [0, 0.05) is 13.1 Å². The number of fused-ring (bicyclic) bond motifs is 1. The molecule has 2 aliphatic heterocycles. The van der Waals surface area contributed by atoms with Crippen LogP contribution in [0.2, 0.25) is 0 Å². The SMILES string of the molecule is CC[C@@H]1NC(=O)[C@H]2CN(C(=O)c3cc(F)ccc3F)CCN2C1=O. The highest BCUT2D eigenvalue weighted by Crippen LogP contribution is 2.20. The number of halogens is 2. The zero-order valence-corrected chi connectivity index (χ0v) is 13.1. The maximum Gasteiger partial charge on any atom is 0.257 e. The third-order valence-electron chi connectivity index (χ3n) is 4.43. The number of hydrogen-bond donors (Lipinski definition) is 1. The van der Waals surface area contributed by atoms with E-state index in [0.29, 0.717) is 6.42 Å². The molecule has 1 N–H and O–H groups in total. The minimum Gasteiger partial charge on any atom is -0.342 e. The van der Waals surface area contributed by atoms with Gasteiger partial charge >= 0.3 is 0 Å². The van der Waals surface area contributed by atoms with E-state index in [2.05, 4.69) is 5.32 Å². The molecule has 3 rings (SSSR count). The molecule has 0 saturated carbocycles. The highest BCUT2D eigenvalue weighted by molar-refractivity contribution is 5.99. The lowest BCUT2D eigenvalue weighted by Crippen LogP contribution is -2.69. The Balaban J connectivity index is 1.80. The second kappa shape index (κ2) is 6.18. The van der Waals surface area contributed by atoms with Crippen LogP contribution in [0.25, 0.3) is 0 Å². The minimum absolute atomic E-state index is 0.0389. The van der Waals surface area contributed by atoms with Gasteiger partial charge in [-0.1, -0.05) is 6.92 Å². The summed E-state index contributed by atoms with van der Waals surface area (Å²) in [7, 11) is 0. The number of benzene rings is 1. The second-order valence-electron chi connectivity index (χ2n) is 5.89. The third-order valence-corrected chi connectivity index (χ3v) is 4.43. The molecule has 2 saturated heterocycles. The first-order chi connectivity index (χ1) is 11.4. The van der Waals surface area contributed by atoms with Crippen molar-refractivity contribution in [1.82, 2.24) is 15.1 Å². The summed E-state index contributed by atoms with van der Waals surface area (Å²) in [4.78, 5) is 39.6. The van der Waals surface area contributed by atoms with Gasteiger partial charge in [0.2, 0.25) is 11.8 Å². The van der Waals surface area contributed by atoms with Gasteiger partial charge in [-0.25, -0.2) is 8.78 Å². The van der Waals surface area contributed by atoms with Crippen LogP contribution in [0.15, 0.2) is 18.2 Å². The van der Waals surface area contributed by atoms with E-state index in [9.17, 15) is 23.2 Å². The lowest BCUT2D eigenvalue weighted by atomic mass is 10.0. The smallest absolute Gasteiger partial charge is 0.257 e. The molecule has 0 aromatic heterocycles. The lowest BCUT2D eigenvalue weighted by Gasteiger charge is -2.45. The first kappa shape index (κ1) is 16.4. The van der Waals surface area contributed by atoms with Gasteiger partial charge in [0.25, 0.3) is 5.91 Å². The lowest BCUT2D eigenvalue weighted by molar-refractivity contribution is -0.152. The third kappa shape index (κ3) is 2.72. The van der Waals surface area contributed by atoms with Crippen LogP contribution in [-0.4, -0.2) is 59.2 Å². The number of piperazine rings is 2. The predicted molar refractivity (Wildman–Crippen MR) is 80.0 cm³/mol. The fourth-order valence-corrected chi connectivity index (χ4v) is 3.09. The topological polar surface area (TPSA) is 69.7 Å². The Morgan fingerprint density at radius 1 is 1.29 bits per heavy atom. The molecule has 3 amide bonds. The Morgan fingerprint density at radius 2 is 2.04 bits per heavy atom. The van der Waals surface area contributed by atoms with Gasteiger partial charge in [-0.2, -0.15) is 0 Å². The van der Waals surface area contributed by atoms with Crippen molar-refractivity contribution in [1.29, 1.82) is 0 Å². The Morgan fingerprint density at radius 3 is 2.75 bits per heavy atom. The molecule has 0 spiro atoms. The fraction of sp³-hybridized carbons (Fsp3) is 0.438. The van der Waals surface area contributed by atoms with E-state index in [4.69, 9.17) is 0 Å². The molecule has 2 aliphatic rings. The van der Waals surface area contributed by atoms with E-state index < -0.39 is 29.6 Å². The molecule has 1 aromatic carbocycles. The van der Waals surface area contributed by atoms with Gasteiger partial charge in [0.15, 0.2) is 0 Å². The van der Waals surface area contributed by atoms with Crippen molar-refractivity contribution >= 4 is 17.7 Å². The largest absolute Gasteiger partial charge is 0.342 e. The van der Waals surface area contributed by atoms with Crippen molar-refractivity contribution < 1.29 is 23.2 Å². The molecule has 2 fully saturated rings. The van der Waals surface area contributed by atoms with E-state index in [0.717, 1.165) is 18.2 Å². The molecule has 0 radical (unpaired) electrons. The van der Waals surface area contributed by atoms with Gasteiger partial charge in [-0.05, 0) is 24.6 Å². The van der Waals surface area contributed by atoms with Crippen molar-refractivity contribution in [3.05, 3.63) is 35.4 Å². The summed E-state index contributed by atoms with van der Waals surface area (Å²) in [6, 6.07) is 1.32. The van der Waals surface area contributed by atoms with Crippen LogP contribution in [0, 0.1) is 11.6 Å². The van der Waals surface area contributed by atoms with Crippen molar-refractivity contribution in [2.24, 2.45) is 0 Å². The van der Waals surface area contributed by atoms with Crippen LogP contribution < -0.4 is 5.32 Å². The molecule has 8 heteroatoms. The standard InChI is InChI=1S/C16H17F2N3O3/c1-2-12-16(24)21-6-5-20(8-13(21)14(22)19-12)15(23)10-7-9(17)3-4-11(10)18/h3-4,7,12-13H,2,5-6,8H2,1H3,(H,19,22)/t12-,13+/m0/s1. The number of carbonyl (C=O) groups excluding carboxylic acids is 3. The van der Waals surface area contributed by atoms with Crippen LogP contribution in [0.3, 0.4) is 0 Å². The van der Waals surface area contributed by atoms with Crippen molar-refractivity contribution in [2.75, 3.05) is 19.6 Å². The molecular weight excluding hydrogens is 320 g/mol. The fourth-order valence-electron chi connectivity index (χ4n) is 3.09. The Bertz CT molecular complexity index is 710. The molecule has 2 atom stereocenters. The summed E-state index contributed by atoms with van der Waals surface area (Å²) in [6.45, 7) is 2.12. The van der Waals surface area contributed by atoms with E-state index in [-0.39, 0.29) is 37.0 Å². The van der Waals surface area contributed by atoms with Gasteiger partial charge in [-0.15, -0.1) is 0 Å². The van der Waals surface area contributed by atoms with Crippen LogP contribution in [-0.2, 0) is 9.59 Å². The monoisotopic (exact) mass is 337 g/mol. The molecule has 2 heterocycles. The molecular formula is C16H17F2N3O3. The number of carbonyl (C=O) groups is 3.